The van der Waals surface area contributed by atoms with E-state index in [1.165, 1.54) is 7.11 Å². The summed E-state index contributed by atoms with van der Waals surface area (Å²) in [6, 6.07) is 10.1. The Balaban J connectivity index is 1.87. The fraction of sp³-hybridized carbons (Fsp3) is 0.312. The van der Waals surface area contributed by atoms with Crippen molar-refractivity contribution >= 4 is 5.91 Å². The molecule has 114 valence electrons. The van der Waals surface area contributed by atoms with Gasteiger partial charge in [-0.05, 0) is 5.56 Å². The van der Waals surface area contributed by atoms with Crippen LogP contribution in [0, 0.1) is 0 Å². The minimum absolute atomic E-state index is 0.111. The molecule has 2 heterocycles. The lowest BCUT2D eigenvalue weighted by Gasteiger charge is -2.10. The minimum atomic E-state index is 0.111. The summed E-state index contributed by atoms with van der Waals surface area (Å²) in [5.74, 6) is 0.812. The molecule has 1 N–H and O–H groups in total. The molecule has 1 amide bonds. The lowest BCUT2D eigenvalue weighted by atomic mass is 9.96. The van der Waals surface area contributed by atoms with Gasteiger partial charge in [-0.2, -0.15) is 9.97 Å². The molecular weight excluding hydrogens is 282 g/mol. The maximum Gasteiger partial charge on any atom is 0.320 e. The van der Waals surface area contributed by atoms with Gasteiger partial charge >= 0.3 is 6.01 Å². The first-order valence-electron chi connectivity index (χ1n) is 7.03. The normalized spacial score (nSPS) is 17.2. The molecule has 0 bridgehead atoms. The van der Waals surface area contributed by atoms with Crippen LogP contribution in [0.5, 0.6) is 11.9 Å². The number of hydrogen-bond acceptors (Lipinski definition) is 5. The van der Waals surface area contributed by atoms with E-state index in [2.05, 4.69) is 15.3 Å². The van der Waals surface area contributed by atoms with Gasteiger partial charge in [-0.25, -0.2) is 0 Å². The van der Waals surface area contributed by atoms with E-state index in [1.807, 2.05) is 24.3 Å². The molecule has 0 radical (unpaired) electrons. The number of benzene rings is 1. The summed E-state index contributed by atoms with van der Waals surface area (Å²) in [5.41, 5.74) is 2.82. The molecule has 3 rings (SSSR count). The second-order valence-electron chi connectivity index (χ2n) is 5.11. The largest absolute Gasteiger partial charge is 0.481 e. The van der Waals surface area contributed by atoms with Crippen LogP contribution >= 0.6 is 0 Å². The summed E-state index contributed by atoms with van der Waals surface area (Å²) in [4.78, 5) is 19.7. The first kappa shape index (κ1) is 14.3. The van der Waals surface area contributed by atoms with Crippen LogP contribution in [0.15, 0.2) is 30.3 Å². The molecule has 1 aromatic carbocycles. The molecule has 1 aromatic heterocycles. The van der Waals surface area contributed by atoms with Crippen LogP contribution in [-0.4, -0.2) is 36.6 Å². The molecule has 22 heavy (non-hydrogen) atoms. The van der Waals surface area contributed by atoms with E-state index in [-0.39, 0.29) is 17.8 Å². The first-order chi connectivity index (χ1) is 10.7. The predicted molar refractivity (Wildman–Crippen MR) is 80.9 cm³/mol. The van der Waals surface area contributed by atoms with Gasteiger partial charge in [0, 0.05) is 30.5 Å². The molecule has 0 saturated carbocycles. The van der Waals surface area contributed by atoms with E-state index in [0.717, 1.165) is 16.8 Å². The van der Waals surface area contributed by atoms with Crippen molar-refractivity contribution in [1.29, 1.82) is 0 Å². The molecule has 6 nitrogen and oxygen atoms in total. The fourth-order valence-electron chi connectivity index (χ4n) is 2.51. The van der Waals surface area contributed by atoms with Crippen molar-refractivity contribution in [3.8, 4) is 23.1 Å². The number of carbonyl (C=O) groups excluding carboxylic acids is 1. The number of nitrogens with one attached hydrogen (secondary N) is 1. The van der Waals surface area contributed by atoms with Gasteiger partial charge in [0.25, 0.3) is 0 Å². The highest BCUT2D eigenvalue weighted by atomic mass is 16.5. The summed E-state index contributed by atoms with van der Waals surface area (Å²) < 4.78 is 10.2. The number of amides is 1. The second kappa shape index (κ2) is 6.01. The van der Waals surface area contributed by atoms with Crippen LogP contribution in [0.1, 0.15) is 17.9 Å². The zero-order chi connectivity index (χ0) is 15.5. The summed E-state index contributed by atoms with van der Waals surface area (Å²) in [5, 5.41) is 2.85. The van der Waals surface area contributed by atoms with Gasteiger partial charge in [0.1, 0.15) is 0 Å². The maximum atomic E-state index is 11.3. The minimum Gasteiger partial charge on any atom is -0.481 e. The van der Waals surface area contributed by atoms with E-state index in [9.17, 15) is 4.79 Å². The molecule has 2 aromatic rings. The van der Waals surface area contributed by atoms with Crippen molar-refractivity contribution in [3.05, 3.63) is 35.9 Å². The lowest BCUT2D eigenvalue weighted by molar-refractivity contribution is -0.119. The Bertz CT molecular complexity index is 663. The Morgan fingerprint density at radius 2 is 1.91 bits per heavy atom. The van der Waals surface area contributed by atoms with Crippen LogP contribution in [0.4, 0.5) is 0 Å². The summed E-state index contributed by atoms with van der Waals surface area (Å²) in [6.07, 6.45) is 0.550. The van der Waals surface area contributed by atoms with Crippen molar-refractivity contribution in [2.24, 2.45) is 0 Å². The van der Waals surface area contributed by atoms with E-state index in [0.29, 0.717) is 18.8 Å². The molecular formula is C16H17N3O3. The van der Waals surface area contributed by atoms with Gasteiger partial charge in [0.05, 0.1) is 19.9 Å². The number of rotatable bonds is 4. The Morgan fingerprint density at radius 1 is 1.14 bits per heavy atom. The van der Waals surface area contributed by atoms with Gasteiger partial charge < -0.3 is 14.8 Å². The van der Waals surface area contributed by atoms with Gasteiger partial charge in [0.2, 0.25) is 11.8 Å². The molecule has 1 saturated heterocycles. The molecule has 1 unspecified atom stereocenters. The van der Waals surface area contributed by atoms with E-state index in [4.69, 9.17) is 9.47 Å². The standard InChI is InChI=1S/C16H17N3O3/c1-21-15-8-13(18-16(19-15)22-2)11-5-3-10(4-6-11)12-7-14(20)17-9-12/h3-6,8,12H,7,9H2,1-2H3,(H,17,20). The smallest absolute Gasteiger partial charge is 0.320 e. The third-order valence-electron chi connectivity index (χ3n) is 3.73. The van der Waals surface area contributed by atoms with Crippen LogP contribution in [0.3, 0.4) is 0 Å². The Morgan fingerprint density at radius 3 is 2.50 bits per heavy atom. The van der Waals surface area contributed by atoms with Crippen molar-refractivity contribution in [3.63, 3.8) is 0 Å². The van der Waals surface area contributed by atoms with Crippen LogP contribution < -0.4 is 14.8 Å². The molecule has 0 aliphatic carbocycles. The Kier molecular flexibility index (Phi) is 3.91. The number of ether oxygens (including phenoxy) is 2. The van der Waals surface area contributed by atoms with Crippen LogP contribution in [0.25, 0.3) is 11.3 Å². The van der Waals surface area contributed by atoms with Crippen LogP contribution in [0.2, 0.25) is 0 Å². The quantitative estimate of drug-likeness (QED) is 0.931. The monoisotopic (exact) mass is 299 g/mol. The second-order valence-corrected chi connectivity index (χ2v) is 5.11. The third-order valence-corrected chi connectivity index (χ3v) is 3.73. The highest BCUT2D eigenvalue weighted by Crippen LogP contribution is 2.27. The maximum absolute atomic E-state index is 11.3. The zero-order valence-electron chi connectivity index (χ0n) is 12.5. The number of hydrogen-bond donors (Lipinski definition) is 1. The van der Waals surface area contributed by atoms with Gasteiger partial charge in [0.15, 0.2) is 0 Å². The fourth-order valence-corrected chi connectivity index (χ4v) is 2.51. The summed E-state index contributed by atoms with van der Waals surface area (Å²) >= 11 is 0. The molecule has 1 atom stereocenters. The van der Waals surface area contributed by atoms with Gasteiger partial charge in [-0.1, -0.05) is 24.3 Å². The van der Waals surface area contributed by atoms with E-state index in [1.54, 1.807) is 13.2 Å². The van der Waals surface area contributed by atoms with Crippen LogP contribution in [-0.2, 0) is 4.79 Å². The van der Waals surface area contributed by atoms with Gasteiger partial charge in [-0.15, -0.1) is 0 Å². The zero-order valence-corrected chi connectivity index (χ0v) is 12.5. The average molecular weight is 299 g/mol. The number of methoxy groups -OCH3 is 2. The predicted octanol–water partition coefficient (Wildman–Crippen LogP) is 1.76. The summed E-state index contributed by atoms with van der Waals surface area (Å²) in [6.45, 7) is 0.702. The lowest BCUT2D eigenvalue weighted by Crippen LogP contribution is -2.13. The molecule has 0 spiro atoms. The van der Waals surface area contributed by atoms with Crippen molar-refractivity contribution in [2.45, 2.75) is 12.3 Å². The molecule has 1 fully saturated rings. The Labute approximate surface area is 128 Å². The first-order valence-corrected chi connectivity index (χ1v) is 7.03. The number of carbonyl (C=O) groups is 1. The van der Waals surface area contributed by atoms with E-state index < -0.39 is 0 Å². The molecule has 1 aliphatic heterocycles. The highest BCUT2D eigenvalue weighted by molar-refractivity contribution is 5.79. The molecule has 1 aliphatic rings. The Hall–Kier alpha value is -2.63. The topological polar surface area (TPSA) is 73.3 Å². The van der Waals surface area contributed by atoms with Crippen molar-refractivity contribution in [1.82, 2.24) is 15.3 Å². The average Bonchev–Trinajstić information content (AvgIpc) is 3.01. The third kappa shape index (κ3) is 2.86. The summed E-state index contributed by atoms with van der Waals surface area (Å²) in [7, 11) is 3.07. The number of aromatic nitrogens is 2. The van der Waals surface area contributed by atoms with E-state index >= 15 is 0 Å². The SMILES string of the molecule is COc1cc(-c2ccc(C3CNC(=O)C3)cc2)nc(OC)n1. The molecule has 6 heteroatoms. The highest BCUT2D eigenvalue weighted by Gasteiger charge is 2.22. The van der Waals surface area contributed by atoms with Crippen molar-refractivity contribution < 1.29 is 14.3 Å². The number of nitrogens with zero attached hydrogens (tertiary/aromatic N) is 2. The van der Waals surface area contributed by atoms with Crippen molar-refractivity contribution in [2.75, 3.05) is 20.8 Å². The van der Waals surface area contributed by atoms with Gasteiger partial charge in [-0.3, -0.25) is 4.79 Å².